The summed E-state index contributed by atoms with van der Waals surface area (Å²) in [5, 5.41) is 0. The molecule has 0 saturated heterocycles. The average Bonchev–Trinajstić information content (AvgIpc) is 2.42. The van der Waals surface area contributed by atoms with E-state index < -0.39 is 19.2 Å². The summed E-state index contributed by atoms with van der Waals surface area (Å²) < 4.78 is 28.7. The zero-order valence-corrected chi connectivity index (χ0v) is 13.9. The molecule has 21 heavy (non-hydrogen) atoms. The fourth-order valence-electron chi connectivity index (χ4n) is 1.96. The van der Waals surface area contributed by atoms with Gasteiger partial charge in [-0.2, -0.15) is 0 Å². The fourth-order valence-corrected chi connectivity index (χ4v) is 3.93. The number of aryl methyl sites for hydroxylation is 1. The number of esters is 1. The number of rotatable bonds is 8. The Bertz CT molecular complexity index is 487. The van der Waals surface area contributed by atoms with Crippen LogP contribution in [0.5, 0.6) is 0 Å². The SMILES string of the molecule is CCOC(=O)[C@@H](c1ccc(C)cc1)P(=O)(OCC)OCC. The van der Waals surface area contributed by atoms with E-state index in [1.807, 2.05) is 19.1 Å². The molecule has 1 atom stereocenters. The summed E-state index contributed by atoms with van der Waals surface area (Å²) in [6.45, 7) is 7.66. The first-order valence-corrected chi connectivity index (χ1v) is 8.71. The molecule has 1 aromatic rings. The molecule has 0 radical (unpaired) electrons. The highest BCUT2D eigenvalue weighted by atomic mass is 31.2. The maximum absolute atomic E-state index is 13.0. The van der Waals surface area contributed by atoms with Crippen LogP contribution in [0.1, 0.15) is 37.6 Å². The average molecular weight is 314 g/mol. The van der Waals surface area contributed by atoms with Crippen LogP contribution in [-0.2, 0) is 23.1 Å². The van der Waals surface area contributed by atoms with Gasteiger partial charge in [-0.25, -0.2) is 0 Å². The van der Waals surface area contributed by atoms with Crippen LogP contribution in [-0.4, -0.2) is 25.8 Å². The number of hydrogen-bond donors (Lipinski definition) is 0. The Morgan fingerprint density at radius 3 is 2.00 bits per heavy atom. The van der Waals surface area contributed by atoms with E-state index in [0.29, 0.717) is 5.56 Å². The molecule has 6 heteroatoms. The maximum atomic E-state index is 13.0. The van der Waals surface area contributed by atoms with Crippen molar-refractivity contribution in [3.8, 4) is 0 Å². The second kappa shape index (κ2) is 8.32. The predicted octanol–water partition coefficient (Wildman–Crippen LogP) is 3.87. The summed E-state index contributed by atoms with van der Waals surface area (Å²) in [5.74, 6) is -0.591. The number of benzene rings is 1. The topological polar surface area (TPSA) is 61.8 Å². The van der Waals surface area contributed by atoms with Gasteiger partial charge in [-0.1, -0.05) is 29.8 Å². The molecule has 0 bridgehead atoms. The van der Waals surface area contributed by atoms with Gasteiger partial charge in [-0.3, -0.25) is 9.36 Å². The summed E-state index contributed by atoms with van der Waals surface area (Å²) in [7, 11) is -3.63. The van der Waals surface area contributed by atoms with Crippen molar-refractivity contribution in [2.75, 3.05) is 19.8 Å². The number of carbonyl (C=O) groups excluding carboxylic acids is 1. The number of ether oxygens (including phenoxy) is 1. The minimum absolute atomic E-state index is 0.193. The van der Waals surface area contributed by atoms with Gasteiger partial charge < -0.3 is 13.8 Å². The quantitative estimate of drug-likeness (QED) is 0.538. The largest absolute Gasteiger partial charge is 0.465 e. The van der Waals surface area contributed by atoms with E-state index in [0.717, 1.165) is 5.56 Å². The van der Waals surface area contributed by atoms with Gasteiger partial charge in [0.25, 0.3) is 0 Å². The molecule has 118 valence electrons. The second-order valence-electron chi connectivity index (χ2n) is 4.44. The van der Waals surface area contributed by atoms with E-state index in [9.17, 15) is 9.36 Å². The molecule has 0 aliphatic carbocycles. The number of carbonyl (C=O) groups is 1. The lowest BCUT2D eigenvalue weighted by Gasteiger charge is -2.25. The van der Waals surface area contributed by atoms with Gasteiger partial charge in [0.1, 0.15) is 0 Å². The highest BCUT2D eigenvalue weighted by molar-refractivity contribution is 7.55. The fraction of sp³-hybridized carbons (Fsp3) is 0.533. The smallest absolute Gasteiger partial charge is 0.349 e. The third-order valence-electron chi connectivity index (χ3n) is 2.84. The first-order chi connectivity index (χ1) is 9.98. The summed E-state index contributed by atoms with van der Waals surface area (Å²) in [5.41, 5.74) is 0.561. The molecule has 0 aliphatic heterocycles. The number of hydrogen-bond acceptors (Lipinski definition) is 5. The molecule has 5 nitrogen and oxygen atoms in total. The molecule has 0 amide bonds. The Morgan fingerprint density at radius 2 is 1.57 bits per heavy atom. The molecular formula is C15H23O5P. The maximum Gasteiger partial charge on any atom is 0.349 e. The van der Waals surface area contributed by atoms with Gasteiger partial charge in [-0.15, -0.1) is 0 Å². The zero-order chi connectivity index (χ0) is 15.9. The van der Waals surface area contributed by atoms with Crippen molar-refractivity contribution in [1.82, 2.24) is 0 Å². The molecule has 0 unspecified atom stereocenters. The Hall–Kier alpha value is -1.16. The van der Waals surface area contributed by atoms with E-state index in [1.165, 1.54) is 0 Å². The summed E-state index contributed by atoms with van der Waals surface area (Å²) in [6.07, 6.45) is 0. The van der Waals surface area contributed by atoms with Crippen molar-refractivity contribution >= 4 is 13.6 Å². The normalized spacial score (nSPS) is 13.0. The molecule has 0 fully saturated rings. The lowest BCUT2D eigenvalue weighted by Crippen LogP contribution is -2.19. The van der Waals surface area contributed by atoms with Gasteiger partial charge in [0, 0.05) is 0 Å². The van der Waals surface area contributed by atoms with Crippen molar-refractivity contribution < 1.29 is 23.1 Å². The molecule has 0 heterocycles. The van der Waals surface area contributed by atoms with Crippen molar-refractivity contribution in [1.29, 1.82) is 0 Å². The van der Waals surface area contributed by atoms with E-state index >= 15 is 0 Å². The Balaban J connectivity index is 3.25. The van der Waals surface area contributed by atoms with Gasteiger partial charge >= 0.3 is 13.6 Å². The highest BCUT2D eigenvalue weighted by Gasteiger charge is 2.43. The van der Waals surface area contributed by atoms with Crippen LogP contribution in [0.3, 0.4) is 0 Å². The lowest BCUT2D eigenvalue weighted by atomic mass is 10.1. The van der Waals surface area contributed by atoms with Crippen molar-refractivity contribution in [3.63, 3.8) is 0 Å². The lowest BCUT2D eigenvalue weighted by molar-refractivity contribution is -0.143. The summed E-state index contributed by atoms with van der Waals surface area (Å²) in [4.78, 5) is 12.3. The first-order valence-electron chi connectivity index (χ1n) is 7.10. The molecule has 1 aromatic carbocycles. The third-order valence-corrected chi connectivity index (χ3v) is 5.21. The van der Waals surface area contributed by atoms with Gasteiger partial charge in [0.15, 0.2) is 5.66 Å². The molecular weight excluding hydrogens is 291 g/mol. The third kappa shape index (κ3) is 4.67. The Kier molecular flexibility index (Phi) is 7.09. The minimum Gasteiger partial charge on any atom is -0.465 e. The minimum atomic E-state index is -3.63. The molecule has 0 N–H and O–H groups in total. The Morgan fingerprint density at radius 1 is 1.05 bits per heavy atom. The summed E-state index contributed by atoms with van der Waals surface area (Å²) in [6, 6.07) is 7.21. The van der Waals surface area contributed by atoms with Gasteiger partial charge in [0.05, 0.1) is 19.8 Å². The zero-order valence-electron chi connectivity index (χ0n) is 13.0. The van der Waals surface area contributed by atoms with E-state index in [1.54, 1.807) is 32.9 Å². The van der Waals surface area contributed by atoms with Gasteiger partial charge in [-0.05, 0) is 33.3 Å². The molecule has 0 aromatic heterocycles. The van der Waals surface area contributed by atoms with Crippen LogP contribution in [0.2, 0.25) is 0 Å². The molecule has 0 saturated carbocycles. The van der Waals surface area contributed by atoms with E-state index in [-0.39, 0.29) is 19.8 Å². The van der Waals surface area contributed by atoms with E-state index in [2.05, 4.69) is 0 Å². The van der Waals surface area contributed by atoms with Crippen LogP contribution < -0.4 is 0 Å². The van der Waals surface area contributed by atoms with Crippen LogP contribution in [0.25, 0.3) is 0 Å². The monoisotopic (exact) mass is 314 g/mol. The second-order valence-corrected chi connectivity index (χ2v) is 6.55. The summed E-state index contributed by atoms with van der Waals surface area (Å²) >= 11 is 0. The van der Waals surface area contributed by atoms with Crippen LogP contribution in [0, 0.1) is 6.92 Å². The van der Waals surface area contributed by atoms with Crippen LogP contribution in [0.4, 0.5) is 0 Å². The van der Waals surface area contributed by atoms with Crippen molar-refractivity contribution in [2.24, 2.45) is 0 Å². The van der Waals surface area contributed by atoms with Gasteiger partial charge in [0.2, 0.25) is 0 Å². The standard InChI is InChI=1S/C15H23O5P/c1-5-18-15(16)14(13-10-8-12(4)9-11-13)21(17,19-6-2)20-7-3/h8-11,14H,5-7H2,1-4H3/t14-/m1/s1. The van der Waals surface area contributed by atoms with Crippen molar-refractivity contribution in [2.45, 2.75) is 33.4 Å². The first kappa shape index (κ1) is 17.9. The van der Waals surface area contributed by atoms with Crippen LogP contribution >= 0.6 is 7.60 Å². The predicted molar refractivity (Wildman–Crippen MR) is 81.4 cm³/mol. The molecule has 0 aliphatic rings. The Labute approximate surface area is 126 Å². The van der Waals surface area contributed by atoms with Crippen molar-refractivity contribution in [3.05, 3.63) is 35.4 Å². The highest BCUT2D eigenvalue weighted by Crippen LogP contribution is 2.61. The molecule has 0 spiro atoms. The molecule has 1 rings (SSSR count). The van der Waals surface area contributed by atoms with E-state index in [4.69, 9.17) is 13.8 Å². The van der Waals surface area contributed by atoms with Crippen LogP contribution in [0.15, 0.2) is 24.3 Å².